The minimum Gasteiger partial charge on any atom is -0.425 e. The molecule has 0 unspecified atom stereocenters. The summed E-state index contributed by atoms with van der Waals surface area (Å²) in [6.45, 7) is 5.77. The van der Waals surface area contributed by atoms with E-state index in [-0.39, 0.29) is 11.3 Å². The molecule has 14 heavy (non-hydrogen) atoms. The summed E-state index contributed by atoms with van der Waals surface area (Å²) < 4.78 is 0.660. The molecular formula is C9H16N4O. The van der Waals surface area contributed by atoms with Gasteiger partial charge in [-0.3, -0.25) is 5.41 Å². The molecule has 0 aliphatic carbocycles. The third-order valence-electron chi connectivity index (χ3n) is 2.18. The van der Waals surface area contributed by atoms with E-state index in [0.29, 0.717) is 4.73 Å². The Bertz CT molecular complexity index is 368. The minimum atomic E-state index is -0.00750. The Morgan fingerprint density at radius 2 is 2.00 bits per heavy atom. The van der Waals surface area contributed by atoms with Gasteiger partial charge in [0.2, 0.25) is 0 Å². The molecule has 1 rings (SSSR count). The number of rotatable bonds is 3. The largest absolute Gasteiger partial charge is 0.425 e. The fraction of sp³-hybridized carbons (Fsp3) is 0.444. The van der Waals surface area contributed by atoms with Crippen LogP contribution in [0.4, 0.5) is 11.5 Å². The van der Waals surface area contributed by atoms with Gasteiger partial charge in [-0.15, -0.1) is 0 Å². The van der Waals surface area contributed by atoms with E-state index in [0.717, 1.165) is 18.8 Å². The summed E-state index contributed by atoms with van der Waals surface area (Å²) in [5.41, 5.74) is 6.39. The summed E-state index contributed by atoms with van der Waals surface area (Å²) in [5, 5.41) is 16.7. The number of nitrogens with two attached hydrogens (primary N) is 1. The van der Waals surface area contributed by atoms with Crippen LogP contribution in [0.1, 0.15) is 13.8 Å². The molecule has 1 aromatic heterocycles. The maximum atomic E-state index is 9.24. The standard InChI is InChI=1S/C9H16N4O/c1-3-12(4-2)7-5-8(10)13(14)9(11)6-7/h5-6,10,14H,3-4,11H2,1-2H3. The second-order valence-electron chi connectivity index (χ2n) is 3.01. The van der Waals surface area contributed by atoms with Gasteiger partial charge in [0, 0.05) is 30.9 Å². The second kappa shape index (κ2) is 4.04. The molecule has 0 atom stereocenters. The molecular weight excluding hydrogens is 180 g/mol. The zero-order chi connectivity index (χ0) is 10.7. The Kier molecular flexibility index (Phi) is 3.01. The highest BCUT2D eigenvalue weighted by Gasteiger charge is 2.05. The SMILES string of the molecule is CCN(CC)c1cc(N)n(O)c(=N)c1. The van der Waals surface area contributed by atoms with Crippen LogP contribution in [0.3, 0.4) is 0 Å². The van der Waals surface area contributed by atoms with Crippen molar-refractivity contribution in [1.29, 1.82) is 5.41 Å². The first-order valence-corrected chi connectivity index (χ1v) is 4.61. The van der Waals surface area contributed by atoms with Crippen LogP contribution in [-0.2, 0) is 0 Å². The zero-order valence-corrected chi connectivity index (χ0v) is 8.49. The molecule has 4 N–H and O–H groups in total. The maximum Gasteiger partial charge on any atom is 0.165 e. The molecule has 0 saturated carbocycles. The summed E-state index contributed by atoms with van der Waals surface area (Å²) in [4.78, 5) is 2.06. The van der Waals surface area contributed by atoms with Crippen molar-refractivity contribution in [2.45, 2.75) is 13.8 Å². The van der Waals surface area contributed by atoms with Gasteiger partial charge in [0.1, 0.15) is 5.82 Å². The van der Waals surface area contributed by atoms with E-state index in [2.05, 4.69) is 4.90 Å². The molecule has 0 spiro atoms. The first kappa shape index (κ1) is 10.4. The van der Waals surface area contributed by atoms with E-state index >= 15 is 0 Å². The predicted molar refractivity (Wildman–Crippen MR) is 55.4 cm³/mol. The number of hydrogen-bond donors (Lipinski definition) is 3. The second-order valence-corrected chi connectivity index (χ2v) is 3.01. The van der Waals surface area contributed by atoms with Gasteiger partial charge in [-0.1, -0.05) is 0 Å². The van der Waals surface area contributed by atoms with Crippen LogP contribution in [0.5, 0.6) is 0 Å². The highest BCUT2D eigenvalue weighted by Crippen LogP contribution is 2.13. The number of nitrogens with one attached hydrogen (secondary N) is 1. The van der Waals surface area contributed by atoms with Crippen molar-refractivity contribution in [3.8, 4) is 0 Å². The highest BCUT2D eigenvalue weighted by atomic mass is 16.5. The number of hydrogen-bond acceptors (Lipinski definition) is 4. The van der Waals surface area contributed by atoms with Crippen molar-refractivity contribution in [3.05, 3.63) is 17.6 Å². The van der Waals surface area contributed by atoms with Crippen molar-refractivity contribution in [2.24, 2.45) is 0 Å². The van der Waals surface area contributed by atoms with Gasteiger partial charge in [-0.05, 0) is 13.8 Å². The van der Waals surface area contributed by atoms with Gasteiger partial charge in [0.25, 0.3) is 0 Å². The summed E-state index contributed by atoms with van der Waals surface area (Å²) >= 11 is 0. The topological polar surface area (TPSA) is 78.3 Å². The normalized spacial score (nSPS) is 10.1. The average molecular weight is 196 g/mol. The number of nitrogen functional groups attached to an aromatic ring is 1. The van der Waals surface area contributed by atoms with Crippen molar-refractivity contribution in [3.63, 3.8) is 0 Å². The average Bonchev–Trinajstić information content (AvgIpc) is 2.16. The van der Waals surface area contributed by atoms with Crippen molar-refractivity contribution >= 4 is 11.5 Å². The molecule has 78 valence electrons. The molecule has 0 radical (unpaired) electrons. The quantitative estimate of drug-likeness (QED) is 0.620. The zero-order valence-electron chi connectivity index (χ0n) is 8.49. The van der Waals surface area contributed by atoms with Crippen molar-refractivity contribution < 1.29 is 5.21 Å². The third kappa shape index (κ3) is 1.81. The van der Waals surface area contributed by atoms with E-state index in [1.165, 1.54) is 0 Å². The number of anilines is 2. The molecule has 1 heterocycles. The maximum absolute atomic E-state index is 9.24. The molecule has 1 aromatic rings. The Labute approximate surface area is 82.9 Å². The third-order valence-corrected chi connectivity index (χ3v) is 2.18. The highest BCUT2D eigenvalue weighted by molar-refractivity contribution is 5.51. The van der Waals surface area contributed by atoms with E-state index < -0.39 is 0 Å². The fourth-order valence-corrected chi connectivity index (χ4v) is 1.37. The molecule has 0 saturated heterocycles. The van der Waals surface area contributed by atoms with E-state index in [4.69, 9.17) is 11.1 Å². The number of aromatic nitrogens is 1. The molecule has 5 heteroatoms. The molecule has 0 aromatic carbocycles. The monoisotopic (exact) mass is 196 g/mol. The van der Waals surface area contributed by atoms with Crippen LogP contribution >= 0.6 is 0 Å². The first-order chi connectivity index (χ1) is 6.60. The molecule has 0 amide bonds. The van der Waals surface area contributed by atoms with Gasteiger partial charge < -0.3 is 15.8 Å². The van der Waals surface area contributed by atoms with Gasteiger partial charge in [-0.25, -0.2) is 0 Å². The Balaban J connectivity index is 3.18. The van der Waals surface area contributed by atoms with E-state index in [9.17, 15) is 5.21 Å². The summed E-state index contributed by atoms with van der Waals surface area (Å²) in [5.74, 6) is 0.180. The Morgan fingerprint density at radius 3 is 2.43 bits per heavy atom. The lowest BCUT2D eigenvalue weighted by molar-refractivity contribution is 0.177. The van der Waals surface area contributed by atoms with Crippen molar-refractivity contribution in [2.75, 3.05) is 23.7 Å². The minimum absolute atomic E-state index is 0.00750. The van der Waals surface area contributed by atoms with Crippen LogP contribution in [0.15, 0.2) is 12.1 Å². The lowest BCUT2D eigenvalue weighted by Crippen LogP contribution is -2.27. The van der Waals surface area contributed by atoms with Crippen molar-refractivity contribution in [1.82, 2.24) is 4.73 Å². The van der Waals surface area contributed by atoms with Gasteiger partial charge in [0.15, 0.2) is 5.49 Å². The Morgan fingerprint density at radius 1 is 1.43 bits per heavy atom. The fourth-order valence-electron chi connectivity index (χ4n) is 1.37. The molecule has 0 bridgehead atoms. The molecule has 5 nitrogen and oxygen atoms in total. The summed E-state index contributed by atoms with van der Waals surface area (Å²) in [6, 6.07) is 3.24. The summed E-state index contributed by atoms with van der Waals surface area (Å²) in [7, 11) is 0. The Hall–Kier alpha value is -1.65. The number of pyridine rings is 1. The lowest BCUT2D eigenvalue weighted by Gasteiger charge is -2.21. The van der Waals surface area contributed by atoms with Crippen LogP contribution < -0.4 is 16.1 Å². The van der Waals surface area contributed by atoms with Gasteiger partial charge >= 0.3 is 0 Å². The molecule has 0 fully saturated rings. The first-order valence-electron chi connectivity index (χ1n) is 4.61. The smallest absolute Gasteiger partial charge is 0.165 e. The van der Waals surface area contributed by atoms with Crippen LogP contribution in [0.2, 0.25) is 0 Å². The van der Waals surface area contributed by atoms with Crippen LogP contribution in [-0.4, -0.2) is 23.0 Å². The van der Waals surface area contributed by atoms with E-state index in [1.54, 1.807) is 12.1 Å². The molecule has 0 aliphatic rings. The van der Waals surface area contributed by atoms with E-state index in [1.807, 2.05) is 13.8 Å². The van der Waals surface area contributed by atoms with Crippen LogP contribution in [0, 0.1) is 5.41 Å². The predicted octanol–water partition coefficient (Wildman–Crippen LogP) is 0.633. The summed E-state index contributed by atoms with van der Waals surface area (Å²) in [6.07, 6.45) is 0. The number of nitrogens with zero attached hydrogens (tertiary/aromatic N) is 2. The lowest BCUT2D eigenvalue weighted by atomic mass is 10.3. The van der Waals surface area contributed by atoms with Gasteiger partial charge in [-0.2, -0.15) is 4.73 Å². The van der Waals surface area contributed by atoms with Crippen LogP contribution in [0.25, 0.3) is 0 Å². The molecule has 0 aliphatic heterocycles. The van der Waals surface area contributed by atoms with Gasteiger partial charge in [0.05, 0.1) is 0 Å².